The summed E-state index contributed by atoms with van der Waals surface area (Å²) in [6.07, 6.45) is 7.45. The number of aliphatic hydroxyl groups is 2. The fraction of sp³-hybridized carbons (Fsp3) is 0.429. The quantitative estimate of drug-likeness (QED) is 0.565. The van der Waals surface area contributed by atoms with Crippen LogP contribution in [0.5, 0.6) is 0 Å². The Labute approximate surface area is 152 Å². The Balaban J connectivity index is 1.72. The topological polar surface area (TPSA) is 75.4 Å². The zero-order valence-electron chi connectivity index (χ0n) is 14.7. The molecule has 2 aromatic rings. The molecule has 1 aromatic carbocycles. The summed E-state index contributed by atoms with van der Waals surface area (Å²) in [5.74, 6) is 5.28. The van der Waals surface area contributed by atoms with E-state index in [0.717, 1.165) is 18.4 Å². The van der Waals surface area contributed by atoms with Crippen LogP contribution in [0.25, 0.3) is 10.9 Å². The molecule has 0 amide bonds. The summed E-state index contributed by atoms with van der Waals surface area (Å²) in [6.45, 7) is 0.264. The first-order valence-corrected chi connectivity index (χ1v) is 9.21. The van der Waals surface area contributed by atoms with Crippen molar-refractivity contribution in [3.8, 4) is 11.8 Å². The molecule has 0 bridgehead atoms. The molecule has 134 valence electrons. The van der Waals surface area contributed by atoms with Gasteiger partial charge in [0, 0.05) is 31.4 Å². The van der Waals surface area contributed by atoms with Gasteiger partial charge < -0.3 is 10.2 Å². The average Bonchev–Trinajstić information content (AvgIpc) is 2.79. The Bertz CT molecular complexity index is 1010. The van der Waals surface area contributed by atoms with Crippen LogP contribution in [0.3, 0.4) is 0 Å². The van der Waals surface area contributed by atoms with Gasteiger partial charge in [-0.05, 0) is 49.5 Å². The standard InChI is InChI=1S/C21H22N2O3/c24-20-17-9-8-16(7-6-15-4-2-1-3-5-15)14-18(17)22-19-10-11-21(25,26)12-13-23(19)20/h4,8-9,14,25-26H,1-3,5,10-13H2. The molecule has 5 heteroatoms. The molecule has 5 nitrogen and oxygen atoms in total. The Hall–Kier alpha value is -2.42. The van der Waals surface area contributed by atoms with Crippen molar-refractivity contribution in [2.24, 2.45) is 0 Å². The zero-order valence-corrected chi connectivity index (χ0v) is 14.7. The fourth-order valence-electron chi connectivity index (χ4n) is 3.60. The van der Waals surface area contributed by atoms with Gasteiger partial charge in [0.25, 0.3) is 5.56 Å². The van der Waals surface area contributed by atoms with E-state index >= 15 is 0 Å². The van der Waals surface area contributed by atoms with Gasteiger partial charge in [0.05, 0.1) is 10.9 Å². The highest BCUT2D eigenvalue weighted by Crippen LogP contribution is 2.21. The smallest absolute Gasteiger partial charge is 0.261 e. The molecule has 0 fully saturated rings. The van der Waals surface area contributed by atoms with E-state index in [4.69, 9.17) is 0 Å². The molecule has 2 aliphatic rings. The number of aromatic nitrogens is 2. The fourth-order valence-corrected chi connectivity index (χ4v) is 3.60. The van der Waals surface area contributed by atoms with Crippen molar-refractivity contribution < 1.29 is 10.2 Å². The lowest BCUT2D eigenvalue weighted by atomic mass is 10.00. The summed E-state index contributed by atoms with van der Waals surface area (Å²) in [7, 11) is 0. The molecule has 0 atom stereocenters. The molecule has 0 spiro atoms. The highest BCUT2D eigenvalue weighted by atomic mass is 16.5. The summed E-state index contributed by atoms with van der Waals surface area (Å²) < 4.78 is 1.56. The molecule has 2 heterocycles. The minimum absolute atomic E-state index is 0.128. The maximum atomic E-state index is 12.8. The predicted molar refractivity (Wildman–Crippen MR) is 99.5 cm³/mol. The summed E-state index contributed by atoms with van der Waals surface area (Å²) in [4.78, 5) is 17.4. The second kappa shape index (κ2) is 6.71. The maximum absolute atomic E-state index is 12.8. The van der Waals surface area contributed by atoms with E-state index in [1.165, 1.54) is 18.4 Å². The number of fused-ring (bicyclic) bond motifs is 2. The van der Waals surface area contributed by atoms with Gasteiger partial charge in [-0.15, -0.1) is 0 Å². The van der Waals surface area contributed by atoms with Crippen LogP contribution in [0.1, 0.15) is 49.9 Å². The highest BCUT2D eigenvalue weighted by Gasteiger charge is 2.28. The molecule has 1 aliphatic carbocycles. The van der Waals surface area contributed by atoms with Crippen molar-refractivity contribution in [1.29, 1.82) is 0 Å². The Morgan fingerprint density at radius 2 is 2.00 bits per heavy atom. The number of aryl methyl sites for hydroxylation is 1. The van der Waals surface area contributed by atoms with Crippen molar-refractivity contribution in [2.45, 2.75) is 57.3 Å². The summed E-state index contributed by atoms with van der Waals surface area (Å²) in [5.41, 5.74) is 2.52. The number of nitrogens with zero attached hydrogens (tertiary/aromatic N) is 2. The molecule has 0 radical (unpaired) electrons. The number of benzene rings is 1. The van der Waals surface area contributed by atoms with Gasteiger partial charge in [-0.3, -0.25) is 9.36 Å². The van der Waals surface area contributed by atoms with Crippen LogP contribution >= 0.6 is 0 Å². The third-order valence-corrected chi connectivity index (χ3v) is 5.18. The molecule has 0 unspecified atom stereocenters. The van der Waals surface area contributed by atoms with E-state index in [9.17, 15) is 15.0 Å². The van der Waals surface area contributed by atoms with Crippen LogP contribution in [-0.2, 0) is 13.0 Å². The van der Waals surface area contributed by atoms with Gasteiger partial charge in [0.1, 0.15) is 5.82 Å². The van der Waals surface area contributed by atoms with E-state index in [2.05, 4.69) is 22.9 Å². The van der Waals surface area contributed by atoms with Gasteiger partial charge >= 0.3 is 0 Å². The van der Waals surface area contributed by atoms with Crippen molar-refractivity contribution >= 4 is 10.9 Å². The first kappa shape index (κ1) is 17.0. The third kappa shape index (κ3) is 3.44. The second-order valence-electron chi connectivity index (χ2n) is 7.17. The van der Waals surface area contributed by atoms with Crippen LogP contribution in [-0.4, -0.2) is 25.6 Å². The second-order valence-corrected chi connectivity index (χ2v) is 7.17. The van der Waals surface area contributed by atoms with E-state index in [1.54, 1.807) is 10.6 Å². The minimum Gasteiger partial charge on any atom is -0.366 e. The molecular weight excluding hydrogens is 328 g/mol. The zero-order chi connectivity index (χ0) is 18.1. The van der Waals surface area contributed by atoms with Crippen molar-refractivity contribution in [2.75, 3.05) is 0 Å². The van der Waals surface area contributed by atoms with Crippen molar-refractivity contribution in [3.05, 3.63) is 51.6 Å². The normalized spacial score (nSPS) is 19.1. The van der Waals surface area contributed by atoms with Crippen LogP contribution in [0, 0.1) is 11.8 Å². The first-order chi connectivity index (χ1) is 12.5. The lowest BCUT2D eigenvalue weighted by molar-refractivity contribution is -0.169. The molecule has 0 saturated heterocycles. The lowest BCUT2D eigenvalue weighted by Crippen LogP contribution is -2.29. The summed E-state index contributed by atoms with van der Waals surface area (Å²) in [6, 6.07) is 5.48. The van der Waals surface area contributed by atoms with E-state index in [0.29, 0.717) is 23.1 Å². The predicted octanol–water partition coefficient (Wildman–Crippen LogP) is 2.27. The van der Waals surface area contributed by atoms with Crippen molar-refractivity contribution in [3.63, 3.8) is 0 Å². The van der Waals surface area contributed by atoms with Gasteiger partial charge in [-0.25, -0.2) is 4.98 Å². The van der Waals surface area contributed by atoms with E-state index in [-0.39, 0.29) is 24.9 Å². The summed E-state index contributed by atoms with van der Waals surface area (Å²) >= 11 is 0. The average molecular weight is 350 g/mol. The molecule has 26 heavy (non-hydrogen) atoms. The van der Waals surface area contributed by atoms with Crippen LogP contribution in [0.4, 0.5) is 0 Å². The third-order valence-electron chi connectivity index (χ3n) is 5.18. The maximum Gasteiger partial charge on any atom is 0.261 e. The minimum atomic E-state index is -1.74. The van der Waals surface area contributed by atoms with Gasteiger partial charge in [-0.2, -0.15) is 0 Å². The number of rotatable bonds is 0. The van der Waals surface area contributed by atoms with Crippen LogP contribution < -0.4 is 5.56 Å². The molecule has 4 rings (SSSR count). The number of hydrogen-bond donors (Lipinski definition) is 2. The molecular formula is C21H22N2O3. The summed E-state index contributed by atoms with van der Waals surface area (Å²) in [5, 5.41) is 20.3. The van der Waals surface area contributed by atoms with Crippen molar-refractivity contribution in [1.82, 2.24) is 9.55 Å². The van der Waals surface area contributed by atoms with Crippen LogP contribution in [0.15, 0.2) is 34.6 Å². The molecule has 1 aliphatic heterocycles. The van der Waals surface area contributed by atoms with Gasteiger partial charge in [-0.1, -0.05) is 17.9 Å². The molecule has 2 N–H and O–H groups in total. The molecule has 0 saturated carbocycles. The number of allylic oxidation sites excluding steroid dienone is 2. The largest absolute Gasteiger partial charge is 0.366 e. The lowest BCUT2D eigenvalue weighted by Gasteiger charge is -2.17. The van der Waals surface area contributed by atoms with Gasteiger partial charge in [0.2, 0.25) is 0 Å². The number of hydrogen-bond acceptors (Lipinski definition) is 4. The Morgan fingerprint density at radius 3 is 2.81 bits per heavy atom. The Kier molecular flexibility index (Phi) is 4.39. The van der Waals surface area contributed by atoms with E-state index < -0.39 is 5.79 Å². The molecule has 1 aromatic heterocycles. The SMILES string of the molecule is O=c1c2ccc(C#CC3=CCCCC3)cc2nc2n1CCC(O)(O)CC2. The first-order valence-electron chi connectivity index (χ1n) is 9.21. The van der Waals surface area contributed by atoms with E-state index in [1.807, 2.05) is 12.1 Å². The van der Waals surface area contributed by atoms with Gasteiger partial charge in [0.15, 0.2) is 5.79 Å². The highest BCUT2D eigenvalue weighted by molar-refractivity contribution is 5.79. The van der Waals surface area contributed by atoms with Crippen LogP contribution in [0.2, 0.25) is 0 Å². The monoisotopic (exact) mass is 350 g/mol. The Morgan fingerprint density at radius 1 is 1.12 bits per heavy atom.